The number of benzene rings is 1. The van der Waals surface area contributed by atoms with Crippen molar-refractivity contribution in [3.05, 3.63) is 35.5 Å². The van der Waals surface area contributed by atoms with Gasteiger partial charge in [-0.3, -0.25) is 9.59 Å². The number of carbonyl (C=O) groups is 2. The van der Waals surface area contributed by atoms with Crippen LogP contribution >= 0.6 is 0 Å². The lowest BCUT2D eigenvalue weighted by Gasteiger charge is -2.31. The van der Waals surface area contributed by atoms with E-state index in [-0.39, 0.29) is 17.8 Å². The molecule has 5 heteroatoms. The highest BCUT2D eigenvalue weighted by molar-refractivity contribution is 5.98. The van der Waals surface area contributed by atoms with Gasteiger partial charge >= 0.3 is 5.97 Å². The highest BCUT2D eigenvalue weighted by Gasteiger charge is 2.29. The molecule has 1 saturated heterocycles. The molecular weight excluding hydrogens is 292 g/mol. The largest absolute Gasteiger partial charge is 0.466 e. The standard InChI is InChI=1S/C18H22N2O3/c1-3-23-18(22)14-5-4-8-20(11-14)17(21)13-6-7-16-15(10-13)9-12(2)19-16/h6-7,9-10,14,19H,3-5,8,11H2,1-2H3. The first kappa shape index (κ1) is 15.6. The number of nitrogens with one attached hydrogen (secondary N) is 1. The number of esters is 1. The number of ether oxygens (including phenoxy) is 1. The van der Waals surface area contributed by atoms with Crippen LogP contribution in [-0.4, -0.2) is 41.5 Å². The number of hydrogen-bond acceptors (Lipinski definition) is 3. The molecule has 2 heterocycles. The van der Waals surface area contributed by atoms with Gasteiger partial charge in [-0.05, 0) is 51.0 Å². The molecule has 1 fully saturated rings. The van der Waals surface area contributed by atoms with Crippen molar-refractivity contribution in [3.8, 4) is 0 Å². The summed E-state index contributed by atoms with van der Waals surface area (Å²) in [5, 5.41) is 1.03. The number of aromatic nitrogens is 1. The number of piperidine rings is 1. The van der Waals surface area contributed by atoms with Gasteiger partial charge in [0.05, 0.1) is 12.5 Å². The van der Waals surface area contributed by atoms with Crippen LogP contribution in [0.3, 0.4) is 0 Å². The molecule has 0 spiro atoms. The quantitative estimate of drug-likeness (QED) is 0.886. The van der Waals surface area contributed by atoms with Crippen molar-refractivity contribution in [1.82, 2.24) is 9.88 Å². The fourth-order valence-electron chi connectivity index (χ4n) is 3.21. The number of rotatable bonds is 3. The lowest BCUT2D eigenvalue weighted by atomic mass is 9.97. The molecule has 3 rings (SSSR count). The molecule has 1 aromatic heterocycles. The molecule has 0 bridgehead atoms. The second kappa shape index (κ2) is 6.44. The lowest BCUT2D eigenvalue weighted by Crippen LogP contribution is -2.42. The van der Waals surface area contributed by atoms with Gasteiger partial charge in [0.1, 0.15) is 0 Å². The monoisotopic (exact) mass is 314 g/mol. The van der Waals surface area contributed by atoms with Crippen LogP contribution in [0.5, 0.6) is 0 Å². The Balaban J connectivity index is 1.76. The number of aryl methyl sites for hydroxylation is 1. The molecule has 0 saturated carbocycles. The van der Waals surface area contributed by atoms with E-state index in [1.165, 1.54) is 0 Å². The topological polar surface area (TPSA) is 62.4 Å². The van der Waals surface area contributed by atoms with Gasteiger partial charge in [0, 0.05) is 35.2 Å². The van der Waals surface area contributed by atoms with Crippen molar-refractivity contribution in [1.29, 1.82) is 0 Å². The molecule has 122 valence electrons. The van der Waals surface area contributed by atoms with Crippen molar-refractivity contribution >= 4 is 22.8 Å². The van der Waals surface area contributed by atoms with E-state index < -0.39 is 0 Å². The predicted molar refractivity (Wildman–Crippen MR) is 88.3 cm³/mol. The average Bonchev–Trinajstić information content (AvgIpc) is 2.93. The van der Waals surface area contributed by atoms with E-state index in [2.05, 4.69) is 4.98 Å². The van der Waals surface area contributed by atoms with E-state index >= 15 is 0 Å². The van der Waals surface area contributed by atoms with Crippen LogP contribution in [0, 0.1) is 12.8 Å². The molecule has 2 aromatic rings. The first-order valence-electron chi connectivity index (χ1n) is 8.13. The molecule has 1 aromatic carbocycles. The van der Waals surface area contributed by atoms with Gasteiger partial charge in [0.2, 0.25) is 0 Å². The zero-order chi connectivity index (χ0) is 16.4. The number of amides is 1. The van der Waals surface area contributed by atoms with Crippen LogP contribution in [0.25, 0.3) is 10.9 Å². The van der Waals surface area contributed by atoms with Gasteiger partial charge in [0.25, 0.3) is 5.91 Å². The van der Waals surface area contributed by atoms with Crippen molar-refractivity contribution < 1.29 is 14.3 Å². The van der Waals surface area contributed by atoms with Gasteiger partial charge in [-0.15, -0.1) is 0 Å². The summed E-state index contributed by atoms with van der Waals surface area (Å²) in [5.74, 6) is -0.410. The SMILES string of the molecule is CCOC(=O)C1CCCN(C(=O)c2ccc3[nH]c(C)cc3c2)C1. The summed E-state index contributed by atoms with van der Waals surface area (Å²) in [6.45, 7) is 5.32. The van der Waals surface area contributed by atoms with Crippen LogP contribution in [0.2, 0.25) is 0 Å². The average molecular weight is 314 g/mol. The Morgan fingerprint density at radius 2 is 2.17 bits per heavy atom. The second-order valence-corrected chi connectivity index (χ2v) is 6.10. The first-order valence-corrected chi connectivity index (χ1v) is 8.13. The number of H-pyrrole nitrogens is 1. The van der Waals surface area contributed by atoms with E-state index in [1.807, 2.05) is 31.2 Å². The zero-order valence-electron chi connectivity index (χ0n) is 13.6. The third kappa shape index (κ3) is 3.23. The number of nitrogens with zero attached hydrogens (tertiary/aromatic N) is 1. The summed E-state index contributed by atoms with van der Waals surface area (Å²) in [6, 6.07) is 7.72. The highest BCUT2D eigenvalue weighted by atomic mass is 16.5. The molecular formula is C18H22N2O3. The number of aromatic amines is 1. The molecule has 1 atom stereocenters. The second-order valence-electron chi connectivity index (χ2n) is 6.10. The normalized spacial score (nSPS) is 18.2. The zero-order valence-corrected chi connectivity index (χ0v) is 13.6. The predicted octanol–water partition coefficient (Wildman–Crippen LogP) is 2.89. The van der Waals surface area contributed by atoms with Gasteiger partial charge < -0.3 is 14.6 Å². The number of fused-ring (bicyclic) bond motifs is 1. The summed E-state index contributed by atoms with van der Waals surface area (Å²) < 4.78 is 5.09. The number of likely N-dealkylation sites (tertiary alicyclic amines) is 1. The fraction of sp³-hybridized carbons (Fsp3) is 0.444. The summed E-state index contributed by atoms with van der Waals surface area (Å²) in [5.41, 5.74) is 2.77. The van der Waals surface area contributed by atoms with Crippen molar-refractivity contribution in [2.45, 2.75) is 26.7 Å². The van der Waals surface area contributed by atoms with E-state index in [1.54, 1.807) is 11.8 Å². The van der Waals surface area contributed by atoms with Crippen molar-refractivity contribution in [2.24, 2.45) is 5.92 Å². The summed E-state index contributed by atoms with van der Waals surface area (Å²) in [6.07, 6.45) is 1.62. The Hall–Kier alpha value is -2.30. The van der Waals surface area contributed by atoms with Crippen molar-refractivity contribution in [2.75, 3.05) is 19.7 Å². The Bertz CT molecular complexity index is 735. The first-order chi connectivity index (χ1) is 11.1. The maximum atomic E-state index is 12.7. The summed E-state index contributed by atoms with van der Waals surface area (Å²) in [7, 11) is 0. The molecule has 5 nitrogen and oxygen atoms in total. The molecule has 0 radical (unpaired) electrons. The Morgan fingerprint density at radius 3 is 2.96 bits per heavy atom. The minimum Gasteiger partial charge on any atom is -0.466 e. The maximum absolute atomic E-state index is 12.7. The van der Waals surface area contributed by atoms with Crippen LogP contribution in [0.15, 0.2) is 24.3 Å². The van der Waals surface area contributed by atoms with E-state index in [0.29, 0.717) is 25.3 Å². The molecule has 1 N–H and O–H groups in total. The third-order valence-electron chi connectivity index (χ3n) is 4.33. The van der Waals surface area contributed by atoms with E-state index in [0.717, 1.165) is 29.4 Å². The fourth-order valence-corrected chi connectivity index (χ4v) is 3.21. The number of hydrogen-bond donors (Lipinski definition) is 1. The van der Waals surface area contributed by atoms with Gasteiger partial charge in [-0.1, -0.05) is 0 Å². The molecule has 0 aliphatic carbocycles. The molecule has 1 aliphatic rings. The third-order valence-corrected chi connectivity index (χ3v) is 4.33. The van der Waals surface area contributed by atoms with Crippen molar-refractivity contribution in [3.63, 3.8) is 0 Å². The minimum absolute atomic E-state index is 0.0141. The van der Waals surface area contributed by atoms with Crippen LogP contribution in [-0.2, 0) is 9.53 Å². The molecule has 1 amide bonds. The maximum Gasteiger partial charge on any atom is 0.310 e. The van der Waals surface area contributed by atoms with E-state index in [4.69, 9.17) is 4.74 Å². The highest BCUT2D eigenvalue weighted by Crippen LogP contribution is 2.22. The molecule has 1 unspecified atom stereocenters. The summed E-state index contributed by atoms with van der Waals surface area (Å²) >= 11 is 0. The van der Waals surface area contributed by atoms with Crippen LogP contribution in [0.1, 0.15) is 35.8 Å². The van der Waals surface area contributed by atoms with Crippen LogP contribution < -0.4 is 0 Å². The van der Waals surface area contributed by atoms with Crippen LogP contribution in [0.4, 0.5) is 0 Å². The van der Waals surface area contributed by atoms with Gasteiger partial charge in [-0.25, -0.2) is 0 Å². The smallest absolute Gasteiger partial charge is 0.310 e. The minimum atomic E-state index is -0.203. The van der Waals surface area contributed by atoms with E-state index in [9.17, 15) is 9.59 Å². The Labute approximate surface area is 135 Å². The number of carbonyl (C=O) groups excluding carboxylic acids is 2. The summed E-state index contributed by atoms with van der Waals surface area (Å²) in [4.78, 5) is 29.7. The molecule has 1 aliphatic heterocycles. The Kier molecular flexibility index (Phi) is 4.37. The Morgan fingerprint density at radius 1 is 1.35 bits per heavy atom. The lowest BCUT2D eigenvalue weighted by molar-refractivity contribution is -0.149. The molecule has 23 heavy (non-hydrogen) atoms. The van der Waals surface area contributed by atoms with Gasteiger partial charge in [-0.2, -0.15) is 0 Å². The van der Waals surface area contributed by atoms with Gasteiger partial charge in [0.15, 0.2) is 0 Å².